The molecule has 2 rings (SSSR count). The van der Waals surface area contributed by atoms with Gasteiger partial charge in [0.05, 0.1) is 19.3 Å². The number of benzene rings is 1. The van der Waals surface area contributed by atoms with Gasteiger partial charge in [0.15, 0.2) is 0 Å². The van der Waals surface area contributed by atoms with E-state index in [0.29, 0.717) is 13.0 Å². The first-order chi connectivity index (χ1) is 15.7. The monoisotopic (exact) mass is 444 g/mol. The second-order valence-corrected chi connectivity index (χ2v) is 9.44. The van der Waals surface area contributed by atoms with Crippen molar-refractivity contribution >= 4 is 0 Å². The zero-order valence-electron chi connectivity index (χ0n) is 20.2. The van der Waals surface area contributed by atoms with E-state index in [1.807, 2.05) is 0 Å². The van der Waals surface area contributed by atoms with Crippen molar-refractivity contribution in [3.05, 3.63) is 23.8 Å². The van der Waals surface area contributed by atoms with Crippen LogP contribution in [-0.2, 0) is 11.3 Å². The molecule has 1 aliphatic rings. The van der Waals surface area contributed by atoms with Crippen LogP contribution in [0.4, 0.5) is 0 Å². The zero-order chi connectivity index (χ0) is 22.9. The number of ether oxygens (including phenoxy) is 2. The molecule has 1 atom stereocenters. The van der Waals surface area contributed by atoms with Gasteiger partial charge in [0.2, 0.25) is 0 Å². The summed E-state index contributed by atoms with van der Waals surface area (Å²) in [7, 11) is 0. The molecule has 0 saturated heterocycles. The third-order valence-electron chi connectivity index (χ3n) is 6.48. The molecule has 0 fully saturated rings. The first kappa shape index (κ1) is 26.5. The molecule has 2 N–H and O–H groups in total. The van der Waals surface area contributed by atoms with Crippen molar-refractivity contribution in [1.29, 1.82) is 5.26 Å². The van der Waals surface area contributed by atoms with Gasteiger partial charge in [-0.1, -0.05) is 51.4 Å². The van der Waals surface area contributed by atoms with E-state index in [1.165, 1.54) is 63.4 Å². The van der Waals surface area contributed by atoms with Gasteiger partial charge in [0.1, 0.15) is 17.1 Å². The molecule has 1 unspecified atom stereocenters. The van der Waals surface area contributed by atoms with Crippen molar-refractivity contribution in [1.82, 2.24) is 0 Å². The molecule has 0 saturated carbocycles. The van der Waals surface area contributed by atoms with Crippen LogP contribution in [0.2, 0.25) is 0 Å². The fourth-order valence-corrected chi connectivity index (χ4v) is 4.43. The van der Waals surface area contributed by atoms with Gasteiger partial charge >= 0.3 is 0 Å². The minimum absolute atomic E-state index is 0.0491. The Morgan fingerprint density at radius 3 is 2.31 bits per heavy atom. The first-order valence-corrected chi connectivity index (χ1v) is 12.8. The molecule has 0 radical (unpaired) electrons. The fourth-order valence-electron chi connectivity index (χ4n) is 4.43. The van der Waals surface area contributed by atoms with Gasteiger partial charge in [-0.2, -0.15) is 5.26 Å². The number of hydrogen-bond donors (Lipinski definition) is 1. The van der Waals surface area contributed by atoms with Gasteiger partial charge in [-0.25, -0.2) is 5.90 Å². The molecule has 32 heavy (non-hydrogen) atoms. The van der Waals surface area contributed by atoms with Gasteiger partial charge in [0.25, 0.3) is 0 Å². The molecule has 0 bridgehead atoms. The smallest absolute Gasteiger partial charge is 0.123 e. The second kappa shape index (κ2) is 15.9. The number of aryl methyl sites for hydroxylation is 1. The Hall–Kier alpha value is -1.77. The standard InChI is InChI=1S/C27H44N2O3/c1-27(18-11-7-3-2-4-8-12-20-28)19-17-24-23-25(15-16-26(24)32-27)30-21-13-9-5-6-10-14-22-31-29/h15-16,23H,2-14,17-19,21-22,29H2,1H3. The van der Waals surface area contributed by atoms with E-state index in [1.54, 1.807) is 0 Å². The lowest BCUT2D eigenvalue weighted by molar-refractivity contribution is 0.0533. The lowest BCUT2D eigenvalue weighted by Gasteiger charge is -2.36. The number of nitrogens with two attached hydrogens (primary N) is 1. The SMILES string of the molecule is CC1(CCCCCCCCC#N)CCc2cc(OCCCCCCCCON)ccc2O1. The summed E-state index contributed by atoms with van der Waals surface area (Å²) < 4.78 is 12.4. The third kappa shape index (κ3) is 10.7. The van der Waals surface area contributed by atoms with E-state index in [4.69, 9.17) is 20.6 Å². The summed E-state index contributed by atoms with van der Waals surface area (Å²) in [6, 6.07) is 8.54. The summed E-state index contributed by atoms with van der Waals surface area (Å²) in [5.41, 5.74) is 1.23. The van der Waals surface area contributed by atoms with Crippen molar-refractivity contribution in [2.24, 2.45) is 5.90 Å². The zero-order valence-corrected chi connectivity index (χ0v) is 20.2. The lowest BCUT2D eigenvalue weighted by atomic mass is 9.88. The number of fused-ring (bicyclic) bond motifs is 1. The van der Waals surface area contributed by atoms with Crippen LogP contribution in [0.5, 0.6) is 11.5 Å². The molecule has 0 aliphatic carbocycles. The van der Waals surface area contributed by atoms with Crippen LogP contribution in [0.15, 0.2) is 18.2 Å². The highest BCUT2D eigenvalue weighted by atomic mass is 16.6. The highest BCUT2D eigenvalue weighted by Crippen LogP contribution is 2.37. The molecule has 5 nitrogen and oxygen atoms in total. The molecule has 1 aromatic rings. The molecular weight excluding hydrogens is 400 g/mol. The molecule has 5 heteroatoms. The predicted molar refractivity (Wildman–Crippen MR) is 130 cm³/mol. The van der Waals surface area contributed by atoms with E-state index >= 15 is 0 Å². The third-order valence-corrected chi connectivity index (χ3v) is 6.48. The van der Waals surface area contributed by atoms with Gasteiger partial charge in [-0.3, -0.25) is 0 Å². The molecule has 0 amide bonds. The van der Waals surface area contributed by atoms with E-state index in [2.05, 4.69) is 36.0 Å². The van der Waals surface area contributed by atoms with E-state index in [0.717, 1.165) is 56.6 Å². The Morgan fingerprint density at radius 1 is 0.938 bits per heavy atom. The second-order valence-electron chi connectivity index (χ2n) is 9.44. The Kier molecular flexibility index (Phi) is 13.2. The summed E-state index contributed by atoms with van der Waals surface area (Å²) in [5, 5.41) is 8.58. The van der Waals surface area contributed by atoms with Crippen molar-refractivity contribution < 1.29 is 14.3 Å². The van der Waals surface area contributed by atoms with Gasteiger partial charge in [-0.15, -0.1) is 0 Å². The summed E-state index contributed by atoms with van der Waals surface area (Å²) in [4.78, 5) is 4.59. The molecule has 1 aliphatic heterocycles. The first-order valence-electron chi connectivity index (χ1n) is 12.8. The number of hydrogen-bond acceptors (Lipinski definition) is 5. The summed E-state index contributed by atoms with van der Waals surface area (Å²) >= 11 is 0. The van der Waals surface area contributed by atoms with Crippen LogP contribution >= 0.6 is 0 Å². The number of nitrogens with zero attached hydrogens (tertiary/aromatic N) is 1. The molecular formula is C27H44N2O3. The highest BCUT2D eigenvalue weighted by molar-refractivity contribution is 5.42. The van der Waals surface area contributed by atoms with Crippen molar-refractivity contribution in [3.8, 4) is 17.6 Å². The predicted octanol–water partition coefficient (Wildman–Crippen LogP) is 7.02. The van der Waals surface area contributed by atoms with Crippen LogP contribution in [0.25, 0.3) is 0 Å². The van der Waals surface area contributed by atoms with Gasteiger partial charge in [-0.05, 0) is 75.6 Å². The highest BCUT2D eigenvalue weighted by Gasteiger charge is 2.31. The maximum absolute atomic E-state index is 8.58. The Balaban J connectivity index is 1.60. The van der Waals surface area contributed by atoms with Crippen LogP contribution in [0.1, 0.15) is 109 Å². The van der Waals surface area contributed by atoms with Gasteiger partial charge in [0, 0.05) is 6.42 Å². The molecule has 1 aromatic carbocycles. The molecule has 1 heterocycles. The van der Waals surface area contributed by atoms with Crippen LogP contribution in [0, 0.1) is 11.3 Å². The van der Waals surface area contributed by atoms with E-state index in [-0.39, 0.29) is 5.60 Å². The number of unbranched alkanes of at least 4 members (excludes halogenated alkanes) is 11. The summed E-state index contributed by atoms with van der Waals surface area (Å²) in [5.74, 6) is 7.03. The van der Waals surface area contributed by atoms with Crippen LogP contribution in [0.3, 0.4) is 0 Å². The minimum atomic E-state index is -0.0491. The molecule has 180 valence electrons. The lowest BCUT2D eigenvalue weighted by Crippen LogP contribution is -2.36. The average Bonchev–Trinajstić information content (AvgIpc) is 2.80. The molecule has 0 aromatic heterocycles. The largest absolute Gasteiger partial charge is 0.494 e. The Morgan fingerprint density at radius 2 is 1.59 bits per heavy atom. The maximum Gasteiger partial charge on any atom is 0.123 e. The van der Waals surface area contributed by atoms with E-state index < -0.39 is 0 Å². The normalized spacial score (nSPS) is 17.4. The quantitative estimate of drug-likeness (QED) is 0.194. The van der Waals surface area contributed by atoms with Crippen molar-refractivity contribution in [2.45, 2.75) is 115 Å². The molecule has 0 spiro atoms. The fraction of sp³-hybridized carbons (Fsp3) is 0.741. The maximum atomic E-state index is 8.58. The minimum Gasteiger partial charge on any atom is -0.494 e. The van der Waals surface area contributed by atoms with Crippen LogP contribution in [-0.4, -0.2) is 18.8 Å². The van der Waals surface area contributed by atoms with Crippen molar-refractivity contribution in [2.75, 3.05) is 13.2 Å². The average molecular weight is 445 g/mol. The Bertz CT molecular complexity index is 673. The van der Waals surface area contributed by atoms with Crippen LogP contribution < -0.4 is 15.4 Å². The van der Waals surface area contributed by atoms with Crippen molar-refractivity contribution in [3.63, 3.8) is 0 Å². The Labute approximate surface area is 195 Å². The number of nitriles is 1. The summed E-state index contributed by atoms with van der Waals surface area (Å²) in [6.45, 7) is 3.70. The topological polar surface area (TPSA) is 77.5 Å². The summed E-state index contributed by atoms with van der Waals surface area (Å²) in [6.07, 6.45) is 18.2. The van der Waals surface area contributed by atoms with E-state index in [9.17, 15) is 0 Å². The number of rotatable bonds is 18. The van der Waals surface area contributed by atoms with Gasteiger partial charge < -0.3 is 14.3 Å².